The van der Waals surface area contributed by atoms with Crippen molar-refractivity contribution < 1.29 is 14.6 Å². The molecule has 23 heavy (non-hydrogen) atoms. The van der Waals surface area contributed by atoms with Gasteiger partial charge in [-0.15, -0.1) is 0 Å². The van der Waals surface area contributed by atoms with E-state index in [9.17, 15) is 9.90 Å². The predicted molar refractivity (Wildman–Crippen MR) is 89.5 cm³/mol. The molecule has 0 radical (unpaired) electrons. The first-order valence-corrected chi connectivity index (χ1v) is 7.68. The van der Waals surface area contributed by atoms with Gasteiger partial charge in [0.1, 0.15) is 6.61 Å². The number of amides is 1. The van der Waals surface area contributed by atoms with Gasteiger partial charge in [0, 0.05) is 17.4 Å². The van der Waals surface area contributed by atoms with Crippen molar-refractivity contribution in [3.05, 3.63) is 59.7 Å². The molecule has 1 aliphatic heterocycles. The number of aliphatic hydroxyl groups is 1. The van der Waals surface area contributed by atoms with Gasteiger partial charge in [0.25, 0.3) is 0 Å². The van der Waals surface area contributed by atoms with E-state index >= 15 is 0 Å². The van der Waals surface area contributed by atoms with Gasteiger partial charge >= 0.3 is 6.09 Å². The van der Waals surface area contributed by atoms with Crippen molar-refractivity contribution in [3.8, 4) is 0 Å². The summed E-state index contributed by atoms with van der Waals surface area (Å²) >= 11 is 0. The molecule has 1 atom stereocenters. The molecule has 1 aliphatic rings. The van der Waals surface area contributed by atoms with Crippen LogP contribution in [0, 0.1) is 0 Å². The van der Waals surface area contributed by atoms with E-state index in [1.165, 1.54) is 0 Å². The lowest BCUT2D eigenvalue weighted by Gasteiger charge is -2.18. The first-order valence-electron chi connectivity index (χ1n) is 7.68. The van der Waals surface area contributed by atoms with Gasteiger partial charge in [0.2, 0.25) is 0 Å². The van der Waals surface area contributed by atoms with E-state index in [0.29, 0.717) is 13.2 Å². The Labute approximate surface area is 135 Å². The lowest BCUT2D eigenvalue weighted by molar-refractivity contribution is 0.181. The fourth-order valence-corrected chi connectivity index (χ4v) is 2.66. The molecular formula is C18H20N2O3. The number of ether oxygens (including phenoxy) is 1. The van der Waals surface area contributed by atoms with Gasteiger partial charge in [0.05, 0.1) is 13.2 Å². The number of carbonyl (C=O) groups is 1. The third-order valence-corrected chi connectivity index (χ3v) is 3.96. The zero-order valence-corrected chi connectivity index (χ0v) is 13.0. The minimum atomic E-state index is -0.292. The van der Waals surface area contributed by atoms with Crippen molar-refractivity contribution >= 4 is 17.5 Å². The zero-order chi connectivity index (χ0) is 16.2. The molecule has 2 N–H and O–H groups in total. The first-order chi connectivity index (χ1) is 11.2. The highest BCUT2D eigenvalue weighted by Crippen LogP contribution is 2.24. The smallest absolute Gasteiger partial charge is 0.414 e. The van der Waals surface area contributed by atoms with E-state index in [-0.39, 0.29) is 18.7 Å². The maximum Gasteiger partial charge on any atom is 0.414 e. The maximum atomic E-state index is 11.6. The Morgan fingerprint density at radius 1 is 1.26 bits per heavy atom. The number of nitrogens with zero attached hydrogens (tertiary/aromatic N) is 1. The van der Waals surface area contributed by atoms with Gasteiger partial charge in [-0.3, -0.25) is 4.90 Å². The molecule has 1 saturated heterocycles. The molecule has 2 aromatic rings. The van der Waals surface area contributed by atoms with Crippen LogP contribution in [0.4, 0.5) is 16.2 Å². The summed E-state index contributed by atoms with van der Waals surface area (Å²) in [5.41, 5.74) is 3.83. The van der Waals surface area contributed by atoms with Gasteiger partial charge < -0.3 is 15.2 Å². The van der Waals surface area contributed by atoms with Crippen LogP contribution in [0.1, 0.15) is 24.1 Å². The average Bonchev–Trinajstić information content (AvgIpc) is 3.01. The van der Waals surface area contributed by atoms with Crippen molar-refractivity contribution in [3.63, 3.8) is 0 Å². The summed E-state index contributed by atoms with van der Waals surface area (Å²) in [4.78, 5) is 13.2. The third-order valence-electron chi connectivity index (χ3n) is 3.96. The molecule has 0 aromatic heterocycles. The van der Waals surface area contributed by atoms with Crippen LogP contribution < -0.4 is 10.2 Å². The summed E-state index contributed by atoms with van der Waals surface area (Å²) in [6.07, 6.45) is -0.292. The molecule has 2 aromatic carbocycles. The number of cyclic esters (lactones) is 1. The van der Waals surface area contributed by atoms with Crippen molar-refractivity contribution in [1.29, 1.82) is 0 Å². The number of hydrogen-bond acceptors (Lipinski definition) is 4. The van der Waals surface area contributed by atoms with Crippen LogP contribution in [0.3, 0.4) is 0 Å². The summed E-state index contributed by atoms with van der Waals surface area (Å²) in [7, 11) is 0. The van der Waals surface area contributed by atoms with Gasteiger partial charge in [0.15, 0.2) is 0 Å². The second-order valence-corrected chi connectivity index (χ2v) is 5.58. The Kier molecular flexibility index (Phi) is 4.48. The van der Waals surface area contributed by atoms with Gasteiger partial charge in [-0.05, 0) is 42.3 Å². The molecule has 0 bridgehead atoms. The quantitative estimate of drug-likeness (QED) is 0.889. The largest absolute Gasteiger partial charge is 0.447 e. The highest BCUT2D eigenvalue weighted by molar-refractivity contribution is 5.89. The number of rotatable bonds is 5. The van der Waals surface area contributed by atoms with Crippen LogP contribution in [0.25, 0.3) is 0 Å². The zero-order valence-electron chi connectivity index (χ0n) is 13.0. The van der Waals surface area contributed by atoms with Crippen LogP contribution in [-0.4, -0.2) is 24.4 Å². The molecule has 5 heteroatoms. The molecule has 5 nitrogen and oxygen atoms in total. The topological polar surface area (TPSA) is 61.8 Å². The summed E-state index contributed by atoms with van der Waals surface area (Å²) in [6.45, 7) is 3.15. The average molecular weight is 312 g/mol. The Morgan fingerprint density at radius 2 is 2.04 bits per heavy atom. The molecule has 3 rings (SSSR count). The number of anilines is 2. The second-order valence-electron chi connectivity index (χ2n) is 5.58. The summed E-state index contributed by atoms with van der Waals surface area (Å²) in [5, 5.41) is 12.6. The summed E-state index contributed by atoms with van der Waals surface area (Å²) < 4.78 is 4.95. The molecule has 1 heterocycles. The van der Waals surface area contributed by atoms with Crippen LogP contribution in [-0.2, 0) is 11.3 Å². The lowest BCUT2D eigenvalue weighted by atomic mass is 10.1. The monoisotopic (exact) mass is 312 g/mol. The second kappa shape index (κ2) is 6.71. The Hall–Kier alpha value is -2.53. The minimum absolute atomic E-state index is 0.0428. The standard InChI is InChI=1S/C18H20N2O3/c1-13(15-4-2-3-14(11-15)12-21)19-16-5-7-17(8-6-16)20-9-10-23-18(20)22/h2-8,11,13,19,21H,9-10,12H2,1H3. The van der Waals surface area contributed by atoms with E-state index in [1.54, 1.807) is 4.90 Å². The van der Waals surface area contributed by atoms with Crippen LogP contribution in [0.15, 0.2) is 48.5 Å². The van der Waals surface area contributed by atoms with Crippen molar-refractivity contribution in [2.45, 2.75) is 19.6 Å². The molecule has 120 valence electrons. The molecule has 1 unspecified atom stereocenters. The Balaban J connectivity index is 1.69. The molecule has 1 fully saturated rings. The van der Waals surface area contributed by atoms with Crippen LogP contribution in [0.5, 0.6) is 0 Å². The lowest BCUT2D eigenvalue weighted by Crippen LogP contribution is -2.23. The maximum absolute atomic E-state index is 11.6. The highest BCUT2D eigenvalue weighted by atomic mass is 16.6. The SMILES string of the molecule is CC(Nc1ccc(N2CCOC2=O)cc1)c1cccc(CO)c1. The van der Waals surface area contributed by atoms with Gasteiger partial charge in [-0.25, -0.2) is 4.79 Å². The number of hydrogen-bond donors (Lipinski definition) is 2. The number of carbonyl (C=O) groups excluding carboxylic acids is 1. The van der Waals surface area contributed by atoms with Crippen LogP contribution in [0.2, 0.25) is 0 Å². The van der Waals surface area contributed by atoms with E-state index in [4.69, 9.17) is 4.74 Å². The molecule has 0 spiro atoms. The third kappa shape index (κ3) is 3.46. The normalized spacial score (nSPS) is 15.4. The summed E-state index contributed by atoms with van der Waals surface area (Å²) in [5.74, 6) is 0. The first kappa shape index (κ1) is 15.4. The number of aliphatic hydroxyl groups excluding tert-OH is 1. The Bertz CT molecular complexity index is 685. The minimum Gasteiger partial charge on any atom is -0.447 e. The van der Waals surface area contributed by atoms with E-state index in [2.05, 4.69) is 12.2 Å². The fraction of sp³-hybridized carbons (Fsp3) is 0.278. The highest BCUT2D eigenvalue weighted by Gasteiger charge is 2.23. The van der Waals surface area contributed by atoms with Crippen LogP contribution >= 0.6 is 0 Å². The van der Waals surface area contributed by atoms with E-state index < -0.39 is 0 Å². The summed E-state index contributed by atoms with van der Waals surface area (Å²) in [6, 6.07) is 15.7. The molecule has 0 aliphatic carbocycles. The van der Waals surface area contributed by atoms with E-state index in [1.807, 2.05) is 48.5 Å². The van der Waals surface area contributed by atoms with Gasteiger partial charge in [-0.1, -0.05) is 24.3 Å². The Morgan fingerprint density at radius 3 is 2.70 bits per heavy atom. The fourth-order valence-electron chi connectivity index (χ4n) is 2.66. The van der Waals surface area contributed by atoms with E-state index in [0.717, 1.165) is 22.5 Å². The number of benzene rings is 2. The van der Waals surface area contributed by atoms with Crippen molar-refractivity contribution in [1.82, 2.24) is 0 Å². The molecular weight excluding hydrogens is 292 g/mol. The molecule has 1 amide bonds. The predicted octanol–water partition coefficient (Wildman–Crippen LogP) is 3.31. The number of nitrogens with one attached hydrogen (secondary N) is 1. The van der Waals surface area contributed by atoms with Crippen molar-refractivity contribution in [2.24, 2.45) is 0 Å². The molecule has 0 saturated carbocycles. The van der Waals surface area contributed by atoms with Gasteiger partial charge in [-0.2, -0.15) is 0 Å². The van der Waals surface area contributed by atoms with Crippen molar-refractivity contribution in [2.75, 3.05) is 23.4 Å².